The highest BCUT2D eigenvalue weighted by atomic mass is 16.6. The molecule has 0 aromatic rings. The lowest BCUT2D eigenvalue weighted by atomic mass is 9.87. The maximum atomic E-state index is 12.6. The summed E-state index contributed by atoms with van der Waals surface area (Å²) in [4.78, 5) is 31.3. The molecule has 4 rings (SSSR count). The molecule has 2 amide bonds. The van der Waals surface area contributed by atoms with Crippen LogP contribution in [-0.2, 0) is 14.3 Å². The smallest absolute Gasteiger partial charge is 0.410 e. The van der Waals surface area contributed by atoms with Crippen LogP contribution < -0.4 is 0 Å². The fraction of sp³-hybridized carbons (Fsp3) is 0.905. The van der Waals surface area contributed by atoms with Gasteiger partial charge in [0.25, 0.3) is 0 Å². The summed E-state index contributed by atoms with van der Waals surface area (Å²) in [6.07, 6.45) is 7.68. The van der Waals surface area contributed by atoms with E-state index >= 15 is 0 Å². The molecule has 7 nitrogen and oxygen atoms in total. The molecule has 0 radical (unpaired) electrons. The summed E-state index contributed by atoms with van der Waals surface area (Å²) in [5.41, 5.74) is 0. The fourth-order valence-electron chi connectivity index (χ4n) is 5.51. The Labute approximate surface area is 168 Å². The third-order valence-electron chi connectivity index (χ3n) is 6.90. The van der Waals surface area contributed by atoms with Gasteiger partial charge in [-0.15, -0.1) is 0 Å². The molecule has 0 bridgehead atoms. The monoisotopic (exact) mass is 393 g/mol. The van der Waals surface area contributed by atoms with Crippen LogP contribution in [0.25, 0.3) is 0 Å². The van der Waals surface area contributed by atoms with Gasteiger partial charge >= 0.3 is 6.09 Å². The lowest BCUT2D eigenvalue weighted by Gasteiger charge is -2.49. The number of morpholine rings is 1. The van der Waals surface area contributed by atoms with E-state index in [1.165, 1.54) is 12.8 Å². The van der Waals surface area contributed by atoms with Crippen molar-refractivity contribution in [2.45, 2.75) is 89.1 Å². The van der Waals surface area contributed by atoms with E-state index in [1.807, 2.05) is 18.7 Å². The summed E-state index contributed by atoms with van der Waals surface area (Å²) in [6.45, 7) is 7.59. The Bertz CT molecular complexity index is 576. The van der Waals surface area contributed by atoms with E-state index in [4.69, 9.17) is 9.47 Å². The molecular weight excluding hydrogens is 358 g/mol. The molecule has 0 unspecified atom stereocenters. The highest BCUT2D eigenvalue weighted by Gasteiger charge is 2.43. The molecule has 1 aliphatic carbocycles. The molecule has 158 valence electrons. The molecule has 3 heterocycles. The first kappa shape index (κ1) is 20.0. The molecule has 3 saturated heterocycles. The maximum absolute atomic E-state index is 12.6. The summed E-state index contributed by atoms with van der Waals surface area (Å²) < 4.78 is 11.2. The Morgan fingerprint density at radius 3 is 2.50 bits per heavy atom. The number of nitrogens with zero attached hydrogens (tertiary/aromatic N) is 3. The number of ether oxygens (including phenoxy) is 2. The van der Waals surface area contributed by atoms with Crippen molar-refractivity contribution >= 4 is 12.0 Å². The van der Waals surface area contributed by atoms with Crippen LogP contribution in [0.3, 0.4) is 0 Å². The van der Waals surface area contributed by atoms with E-state index in [0.29, 0.717) is 18.1 Å². The molecule has 28 heavy (non-hydrogen) atoms. The van der Waals surface area contributed by atoms with Crippen molar-refractivity contribution in [1.82, 2.24) is 14.7 Å². The van der Waals surface area contributed by atoms with E-state index in [9.17, 15) is 9.59 Å². The normalized spacial score (nSPS) is 32.7. The maximum Gasteiger partial charge on any atom is 0.410 e. The van der Waals surface area contributed by atoms with Crippen LogP contribution in [-0.4, -0.2) is 89.8 Å². The van der Waals surface area contributed by atoms with Gasteiger partial charge in [-0.1, -0.05) is 12.8 Å². The van der Waals surface area contributed by atoms with Gasteiger partial charge in [0.05, 0.1) is 18.2 Å². The zero-order valence-corrected chi connectivity index (χ0v) is 17.3. The lowest BCUT2D eigenvalue weighted by Crippen LogP contribution is -2.61. The van der Waals surface area contributed by atoms with Crippen LogP contribution in [0.4, 0.5) is 4.79 Å². The first-order chi connectivity index (χ1) is 13.5. The fourth-order valence-corrected chi connectivity index (χ4v) is 5.51. The predicted octanol–water partition coefficient (Wildman–Crippen LogP) is 2.24. The van der Waals surface area contributed by atoms with Crippen LogP contribution in [0, 0.1) is 0 Å². The number of piperidine rings is 1. The minimum atomic E-state index is -0.186. The zero-order chi connectivity index (χ0) is 19.7. The zero-order valence-electron chi connectivity index (χ0n) is 17.3. The van der Waals surface area contributed by atoms with Gasteiger partial charge in [0.2, 0.25) is 5.91 Å². The number of carbonyl (C=O) groups excluding carboxylic acids is 2. The topological polar surface area (TPSA) is 62.3 Å². The molecule has 4 aliphatic rings. The van der Waals surface area contributed by atoms with Crippen LogP contribution >= 0.6 is 0 Å². The standard InChI is InChI=1S/C21H35N3O4/c1-15(2)28-21(26)23-12-9-17(13-23)22-10-7-16(8-11-22)24-18-5-3-4-6-19(18)27-14-20(24)25/h15-19H,3-14H2,1-2H3/t17-,18-,19-/m0/s1. The van der Waals surface area contributed by atoms with Crippen LogP contribution in [0.5, 0.6) is 0 Å². The molecule has 3 aliphatic heterocycles. The number of amides is 2. The second-order valence-corrected chi connectivity index (χ2v) is 9.09. The Morgan fingerprint density at radius 1 is 1.04 bits per heavy atom. The van der Waals surface area contributed by atoms with Crippen molar-refractivity contribution in [3.05, 3.63) is 0 Å². The average molecular weight is 394 g/mol. The van der Waals surface area contributed by atoms with Gasteiger partial charge in [0, 0.05) is 38.3 Å². The first-order valence-electron chi connectivity index (χ1n) is 11.2. The molecule has 7 heteroatoms. The Balaban J connectivity index is 1.30. The van der Waals surface area contributed by atoms with Gasteiger partial charge in [-0.05, 0) is 46.0 Å². The number of carbonyl (C=O) groups is 2. The Hall–Kier alpha value is -1.34. The van der Waals surface area contributed by atoms with E-state index in [2.05, 4.69) is 9.80 Å². The van der Waals surface area contributed by atoms with Crippen molar-refractivity contribution in [3.63, 3.8) is 0 Å². The van der Waals surface area contributed by atoms with Gasteiger partial charge in [0.1, 0.15) is 6.61 Å². The SMILES string of the molecule is CC(C)OC(=O)N1CC[C@H](N2CCC(N3C(=O)CO[C@H]4CCCC[C@@H]43)CC2)C1. The van der Waals surface area contributed by atoms with Gasteiger partial charge in [-0.25, -0.2) is 4.79 Å². The third-order valence-corrected chi connectivity index (χ3v) is 6.90. The van der Waals surface area contributed by atoms with E-state index in [-0.39, 0.29) is 30.8 Å². The van der Waals surface area contributed by atoms with E-state index in [1.54, 1.807) is 0 Å². The van der Waals surface area contributed by atoms with Gasteiger partial charge in [0.15, 0.2) is 0 Å². The number of hydrogen-bond donors (Lipinski definition) is 0. The summed E-state index contributed by atoms with van der Waals surface area (Å²) in [5, 5.41) is 0. The first-order valence-corrected chi connectivity index (χ1v) is 11.2. The summed E-state index contributed by atoms with van der Waals surface area (Å²) in [5.74, 6) is 0.185. The van der Waals surface area contributed by atoms with E-state index in [0.717, 1.165) is 58.3 Å². The van der Waals surface area contributed by atoms with Crippen LogP contribution in [0.15, 0.2) is 0 Å². The van der Waals surface area contributed by atoms with Crippen LogP contribution in [0.1, 0.15) is 58.8 Å². The molecule has 0 aromatic carbocycles. The molecule has 0 spiro atoms. The minimum absolute atomic E-state index is 0.0723. The van der Waals surface area contributed by atoms with Crippen LogP contribution in [0.2, 0.25) is 0 Å². The molecule has 4 fully saturated rings. The van der Waals surface area contributed by atoms with Gasteiger partial charge < -0.3 is 19.3 Å². The van der Waals surface area contributed by atoms with Crippen molar-refractivity contribution < 1.29 is 19.1 Å². The molecule has 0 N–H and O–H groups in total. The third kappa shape index (κ3) is 4.15. The largest absolute Gasteiger partial charge is 0.447 e. The Kier molecular flexibility index (Phi) is 6.11. The lowest BCUT2D eigenvalue weighted by molar-refractivity contribution is -0.167. The van der Waals surface area contributed by atoms with Gasteiger partial charge in [-0.2, -0.15) is 0 Å². The van der Waals surface area contributed by atoms with Crippen molar-refractivity contribution in [2.75, 3.05) is 32.8 Å². The molecule has 1 saturated carbocycles. The molecule has 0 aromatic heterocycles. The predicted molar refractivity (Wildman–Crippen MR) is 105 cm³/mol. The number of likely N-dealkylation sites (tertiary alicyclic amines) is 2. The van der Waals surface area contributed by atoms with Crippen molar-refractivity contribution in [1.29, 1.82) is 0 Å². The summed E-state index contributed by atoms with van der Waals surface area (Å²) in [6, 6.07) is 1.06. The molecular formula is C21H35N3O4. The number of hydrogen-bond acceptors (Lipinski definition) is 5. The average Bonchev–Trinajstić information content (AvgIpc) is 3.18. The highest BCUT2D eigenvalue weighted by molar-refractivity contribution is 5.79. The number of rotatable bonds is 3. The quantitative estimate of drug-likeness (QED) is 0.736. The second-order valence-electron chi connectivity index (χ2n) is 9.09. The number of fused-ring (bicyclic) bond motifs is 1. The van der Waals surface area contributed by atoms with Crippen molar-refractivity contribution in [2.24, 2.45) is 0 Å². The highest BCUT2D eigenvalue weighted by Crippen LogP contribution is 2.33. The van der Waals surface area contributed by atoms with Crippen molar-refractivity contribution in [3.8, 4) is 0 Å². The molecule has 3 atom stereocenters. The Morgan fingerprint density at radius 2 is 1.75 bits per heavy atom. The minimum Gasteiger partial charge on any atom is -0.447 e. The van der Waals surface area contributed by atoms with E-state index < -0.39 is 0 Å². The second kappa shape index (κ2) is 8.57. The van der Waals surface area contributed by atoms with Gasteiger partial charge in [-0.3, -0.25) is 9.69 Å². The summed E-state index contributed by atoms with van der Waals surface area (Å²) >= 11 is 0. The summed E-state index contributed by atoms with van der Waals surface area (Å²) in [7, 11) is 0.